The van der Waals surface area contributed by atoms with Gasteiger partial charge in [0.1, 0.15) is 11.3 Å². The first kappa shape index (κ1) is 13.8. The number of nitrogens with zero attached hydrogens (tertiary/aromatic N) is 5. The number of rotatable bonds is 1. The number of fused-ring (bicyclic) bond motifs is 2. The maximum Gasteiger partial charge on any atom is 0.320 e. The van der Waals surface area contributed by atoms with Crippen LogP contribution in [0.4, 0.5) is 4.79 Å². The summed E-state index contributed by atoms with van der Waals surface area (Å²) in [6.07, 6.45) is 8.49. The quantitative estimate of drug-likeness (QED) is 0.811. The Labute approximate surface area is 133 Å². The van der Waals surface area contributed by atoms with Crippen LogP contribution in [0.15, 0.2) is 18.6 Å². The van der Waals surface area contributed by atoms with Crippen molar-refractivity contribution in [1.29, 1.82) is 0 Å². The van der Waals surface area contributed by atoms with E-state index < -0.39 is 0 Å². The van der Waals surface area contributed by atoms with Crippen LogP contribution in [-0.2, 0) is 0 Å². The van der Waals surface area contributed by atoms with Gasteiger partial charge in [0.05, 0.1) is 6.20 Å². The Hall–Kier alpha value is -1.82. The summed E-state index contributed by atoms with van der Waals surface area (Å²) in [6.45, 7) is 1.59. The molecule has 4 rings (SSSR count). The van der Waals surface area contributed by atoms with E-state index in [-0.39, 0.29) is 11.9 Å². The average Bonchev–Trinajstić information content (AvgIpc) is 2.96. The third-order valence-electron chi connectivity index (χ3n) is 4.88. The molecule has 2 atom stereocenters. The standard InChI is InChI=1S/C15H18ClN5O/c1-19-6-4-11-3-2-10(9-21(11)15(19)22)14-18-8-12-13(16)17-5-7-20(12)14/h5,7-8,10-11H,2-4,6,9H2,1H3/t10-,11?/m1/s1. The number of piperidine rings is 1. The fourth-order valence-corrected chi connectivity index (χ4v) is 3.84. The molecular formula is C15H18ClN5O. The van der Waals surface area contributed by atoms with E-state index >= 15 is 0 Å². The van der Waals surface area contributed by atoms with Gasteiger partial charge in [0.2, 0.25) is 0 Å². The Morgan fingerprint density at radius 1 is 1.27 bits per heavy atom. The van der Waals surface area contributed by atoms with Crippen molar-refractivity contribution in [2.75, 3.05) is 20.1 Å². The van der Waals surface area contributed by atoms with Gasteiger partial charge in [-0.15, -0.1) is 0 Å². The molecular weight excluding hydrogens is 302 g/mol. The van der Waals surface area contributed by atoms with Crippen molar-refractivity contribution in [3.05, 3.63) is 29.6 Å². The molecule has 2 aliphatic rings. The lowest BCUT2D eigenvalue weighted by Crippen LogP contribution is -2.56. The second-order valence-corrected chi connectivity index (χ2v) is 6.52. The van der Waals surface area contributed by atoms with Crippen molar-refractivity contribution < 1.29 is 4.79 Å². The molecule has 2 aromatic heterocycles. The van der Waals surface area contributed by atoms with Crippen LogP contribution < -0.4 is 0 Å². The zero-order valence-electron chi connectivity index (χ0n) is 12.4. The van der Waals surface area contributed by atoms with Crippen LogP contribution in [0.25, 0.3) is 5.52 Å². The highest BCUT2D eigenvalue weighted by Gasteiger charge is 2.37. The van der Waals surface area contributed by atoms with Crippen molar-refractivity contribution in [3.63, 3.8) is 0 Å². The number of imidazole rings is 1. The second-order valence-electron chi connectivity index (χ2n) is 6.16. The largest absolute Gasteiger partial charge is 0.328 e. The van der Waals surface area contributed by atoms with Gasteiger partial charge in [0.25, 0.3) is 0 Å². The van der Waals surface area contributed by atoms with E-state index in [1.807, 2.05) is 27.4 Å². The number of carbonyl (C=O) groups excluding carboxylic acids is 1. The van der Waals surface area contributed by atoms with Crippen molar-refractivity contribution in [1.82, 2.24) is 24.2 Å². The van der Waals surface area contributed by atoms with Crippen molar-refractivity contribution in [3.8, 4) is 0 Å². The minimum Gasteiger partial charge on any atom is -0.328 e. The summed E-state index contributed by atoms with van der Waals surface area (Å²) in [5.41, 5.74) is 0.823. The van der Waals surface area contributed by atoms with Gasteiger partial charge >= 0.3 is 6.03 Å². The van der Waals surface area contributed by atoms with Crippen LogP contribution in [-0.4, -0.2) is 56.4 Å². The molecule has 2 aromatic rings. The highest BCUT2D eigenvalue weighted by atomic mass is 35.5. The molecule has 2 saturated heterocycles. The maximum atomic E-state index is 12.4. The zero-order valence-corrected chi connectivity index (χ0v) is 13.2. The lowest BCUT2D eigenvalue weighted by atomic mass is 9.89. The first-order valence-corrected chi connectivity index (χ1v) is 8.02. The van der Waals surface area contributed by atoms with Gasteiger partial charge in [0, 0.05) is 44.5 Å². The summed E-state index contributed by atoms with van der Waals surface area (Å²) in [5, 5.41) is 0.462. The number of hydrogen-bond donors (Lipinski definition) is 0. The third kappa shape index (κ3) is 2.05. The lowest BCUT2D eigenvalue weighted by molar-refractivity contribution is 0.0805. The molecule has 116 valence electrons. The van der Waals surface area contributed by atoms with E-state index in [0.717, 1.165) is 43.7 Å². The van der Waals surface area contributed by atoms with Crippen molar-refractivity contribution in [2.24, 2.45) is 0 Å². The molecule has 4 heterocycles. The Morgan fingerprint density at radius 2 is 2.14 bits per heavy atom. The molecule has 0 bridgehead atoms. The molecule has 2 fully saturated rings. The Balaban J connectivity index is 1.66. The number of aromatic nitrogens is 3. The first-order chi connectivity index (χ1) is 10.6. The molecule has 6 nitrogen and oxygen atoms in total. The van der Waals surface area contributed by atoms with Gasteiger partial charge in [0.15, 0.2) is 5.15 Å². The molecule has 1 unspecified atom stereocenters. The maximum absolute atomic E-state index is 12.4. The fourth-order valence-electron chi connectivity index (χ4n) is 3.65. The van der Waals surface area contributed by atoms with Gasteiger partial charge in [-0.3, -0.25) is 4.40 Å². The van der Waals surface area contributed by atoms with Crippen LogP contribution in [0, 0.1) is 0 Å². The highest BCUT2D eigenvalue weighted by molar-refractivity contribution is 6.32. The molecule has 0 aromatic carbocycles. The molecule has 0 N–H and O–H groups in total. The number of urea groups is 1. The SMILES string of the molecule is CN1CCC2CC[C@@H](c3ncc4c(Cl)nccn34)CN2C1=O. The molecule has 7 heteroatoms. The highest BCUT2D eigenvalue weighted by Crippen LogP contribution is 2.33. The van der Waals surface area contributed by atoms with E-state index in [9.17, 15) is 4.79 Å². The van der Waals surface area contributed by atoms with Crippen LogP contribution in [0.1, 0.15) is 31.0 Å². The Kier molecular flexibility index (Phi) is 3.22. The average molecular weight is 320 g/mol. The minimum atomic E-state index is 0.140. The minimum absolute atomic E-state index is 0.140. The normalized spacial score (nSPS) is 25.6. The third-order valence-corrected chi connectivity index (χ3v) is 5.17. The number of carbonyl (C=O) groups is 1. The summed E-state index contributed by atoms with van der Waals surface area (Å²) < 4.78 is 2.00. The molecule has 22 heavy (non-hydrogen) atoms. The summed E-state index contributed by atoms with van der Waals surface area (Å²) >= 11 is 6.12. The van der Waals surface area contributed by atoms with Gasteiger partial charge in [-0.2, -0.15) is 0 Å². The van der Waals surface area contributed by atoms with E-state index in [1.54, 1.807) is 12.4 Å². The van der Waals surface area contributed by atoms with E-state index in [0.29, 0.717) is 11.2 Å². The summed E-state index contributed by atoms with van der Waals surface area (Å²) in [7, 11) is 1.87. The van der Waals surface area contributed by atoms with Crippen molar-refractivity contribution in [2.45, 2.75) is 31.2 Å². The van der Waals surface area contributed by atoms with E-state index in [2.05, 4.69) is 9.97 Å². The predicted molar refractivity (Wildman–Crippen MR) is 83.1 cm³/mol. The number of halogens is 1. The molecule has 2 aliphatic heterocycles. The fraction of sp³-hybridized carbons (Fsp3) is 0.533. The number of hydrogen-bond acceptors (Lipinski definition) is 3. The molecule has 0 saturated carbocycles. The molecule has 0 radical (unpaired) electrons. The van der Waals surface area contributed by atoms with Crippen LogP contribution in [0.3, 0.4) is 0 Å². The zero-order chi connectivity index (χ0) is 15.3. The Morgan fingerprint density at radius 3 is 3.00 bits per heavy atom. The van der Waals surface area contributed by atoms with Gasteiger partial charge in [-0.25, -0.2) is 14.8 Å². The van der Waals surface area contributed by atoms with Crippen LogP contribution in [0.2, 0.25) is 5.15 Å². The Bertz CT molecular complexity index is 730. The second kappa shape index (κ2) is 5.12. The molecule has 0 spiro atoms. The topological polar surface area (TPSA) is 53.7 Å². The summed E-state index contributed by atoms with van der Waals surface area (Å²) in [4.78, 5) is 24.8. The molecule has 2 amide bonds. The lowest BCUT2D eigenvalue weighted by Gasteiger charge is -2.45. The van der Waals surface area contributed by atoms with Crippen LogP contribution >= 0.6 is 11.6 Å². The van der Waals surface area contributed by atoms with E-state index in [1.165, 1.54) is 0 Å². The smallest absolute Gasteiger partial charge is 0.320 e. The predicted octanol–water partition coefficient (Wildman–Crippen LogP) is 2.39. The number of amides is 2. The van der Waals surface area contributed by atoms with Gasteiger partial charge in [-0.05, 0) is 19.3 Å². The first-order valence-electron chi connectivity index (χ1n) is 7.64. The van der Waals surface area contributed by atoms with Gasteiger partial charge < -0.3 is 9.80 Å². The summed E-state index contributed by atoms with van der Waals surface area (Å²) in [5.74, 6) is 1.21. The van der Waals surface area contributed by atoms with E-state index in [4.69, 9.17) is 11.6 Å². The monoisotopic (exact) mass is 319 g/mol. The van der Waals surface area contributed by atoms with Gasteiger partial charge in [-0.1, -0.05) is 11.6 Å². The van der Waals surface area contributed by atoms with Crippen molar-refractivity contribution >= 4 is 23.1 Å². The molecule has 0 aliphatic carbocycles. The summed E-state index contributed by atoms with van der Waals surface area (Å²) in [6, 6.07) is 0.526. The van der Waals surface area contributed by atoms with Crippen LogP contribution in [0.5, 0.6) is 0 Å².